The lowest BCUT2D eigenvalue weighted by molar-refractivity contribution is -0.145. The molecule has 22 heavy (non-hydrogen) atoms. The number of esters is 1. The molecule has 0 fully saturated rings. The minimum Gasteiger partial charge on any atom is -0.466 e. The van der Waals surface area contributed by atoms with Crippen molar-refractivity contribution in [2.75, 3.05) is 6.61 Å². The van der Waals surface area contributed by atoms with Crippen molar-refractivity contribution in [3.05, 3.63) is 59.9 Å². The first-order chi connectivity index (χ1) is 10.6. The summed E-state index contributed by atoms with van der Waals surface area (Å²) >= 11 is 0. The van der Waals surface area contributed by atoms with Gasteiger partial charge in [0.05, 0.1) is 19.1 Å². The standard InChI is InChI=1S/C17H17FO4/c1-2-21-17(20)11-15(19)12-8-9-14(18)16(10-12)22-13-6-4-3-5-7-13/h3-10,15,19H,2,11H2,1H3. The number of hydrogen-bond donors (Lipinski definition) is 1. The number of aliphatic hydroxyl groups excluding tert-OH is 1. The van der Waals surface area contributed by atoms with Crippen molar-refractivity contribution in [1.29, 1.82) is 0 Å². The quantitative estimate of drug-likeness (QED) is 0.828. The fourth-order valence-corrected chi connectivity index (χ4v) is 1.92. The molecule has 5 heteroatoms. The Morgan fingerprint density at radius 1 is 1.23 bits per heavy atom. The lowest BCUT2D eigenvalue weighted by Crippen LogP contribution is -2.10. The maximum atomic E-state index is 13.8. The van der Waals surface area contributed by atoms with E-state index in [1.165, 1.54) is 18.2 Å². The van der Waals surface area contributed by atoms with E-state index >= 15 is 0 Å². The molecule has 0 aliphatic rings. The smallest absolute Gasteiger partial charge is 0.308 e. The summed E-state index contributed by atoms with van der Waals surface area (Å²) < 4.78 is 24.0. The Hall–Kier alpha value is -2.40. The van der Waals surface area contributed by atoms with Crippen LogP contribution < -0.4 is 4.74 Å². The van der Waals surface area contributed by atoms with E-state index in [1.807, 2.05) is 6.07 Å². The highest BCUT2D eigenvalue weighted by Crippen LogP contribution is 2.28. The largest absolute Gasteiger partial charge is 0.466 e. The number of rotatable bonds is 6. The summed E-state index contributed by atoms with van der Waals surface area (Å²) in [6.45, 7) is 1.94. The lowest BCUT2D eigenvalue weighted by atomic mass is 10.1. The Labute approximate surface area is 128 Å². The Bertz CT molecular complexity index is 628. The van der Waals surface area contributed by atoms with E-state index < -0.39 is 17.9 Å². The molecule has 4 nitrogen and oxygen atoms in total. The Balaban J connectivity index is 2.14. The van der Waals surface area contributed by atoms with Crippen LogP contribution in [0.2, 0.25) is 0 Å². The van der Waals surface area contributed by atoms with Crippen LogP contribution in [-0.2, 0) is 9.53 Å². The van der Waals surface area contributed by atoms with Crippen LogP contribution in [0.15, 0.2) is 48.5 Å². The monoisotopic (exact) mass is 304 g/mol. The SMILES string of the molecule is CCOC(=O)CC(O)c1ccc(F)c(Oc2ccccc2)c1. The summed E-state index contributed by atoms with van der Waals surface area (Å²) in [5, 5.41) is 10.0. The molecule has 2 rings (SSSR count). The molecule has 0 aliphatic heterocycles. The summed E-state index contributed by atoms with van der Waals surface area (Å²) in [6, 6.07) is 12.7. The molecule has 0 aliphatic carbocycles. The first kappa shape index (κ1) is 16.0. The maximum Gasteiger partial charge on any atom is 0.308 e. The van der Waals surface area contributed by atoms with Gasteiger partial charge >= 0.3 is 5.97 Å². The van der Waals surface area contributed by atoms with Crippen molar-refractivity contribution in [1.82, 2.24) is 0 Å². The normalized spacial score (nSPS) is 11.8. The number of para-hydroxylation sites is 1. The van der Waals surface area contributed by atoms with E-state index in [0.717, 1.165) is 0 Å². The van der Waals surface area contributed by atoms with Gasteiger partial charge in [0.25, 0.3) is 0 Å². The molecule has 116 valence electrons. The van der Waals surface area contributed by atoms with Gasteiger partial charge in [-0.25, -0.2) is 4.39 Å². The number of carbonyl (C=O) groups is 1. The van der Waals surface area contributed by atoms with Crippen LogP contribution in [0.3, 0.4) is 0 Å². The second kappa shape index (κ2) is 7.56. The van der Waals surface area contributed by atoms with Gasteiger partial charge in [0.1, 0.15) is 5.75 Å². The van der Waals surface area contributed by atoms with E-state index in [4.69, 9.17) is 9.47 Å². The van der Waals surface area contributed by atoms with E-state index in [2.05, 4.69) is 0 Å². The summed E-state index contributed by atoms with van der Waals surface area (Å²) in [5.74, 6) is -0.578. The van der Waals surface area contributed by atoms with Gasteiger partial charge in [-0.15, -0.1) is 0 Å². The van der Waals surface area contributed by atoms with E-state index in [1.54, 1.807) is 31.2 Å². The molecule has 0 bridgehead atoms. The van der Waals surface area contributed by atoms with Crippen LogP contribution in [0.25, 0.3) is 0 Å². The number of halogens is 1. The third-order valence-corrected chi connectivity index (χ3v) is 2.98. The molecule has 0 radical (unpaired) electrons. The fraction of sp³-hybridized carbons (Fsp3) is 0.235. The molecule has 2 aromatic rings. The summed E-state index contributed by atoms with van der Waals surface area (Å²) in [6.07, 6.45) is -1.26. The van der Waals surface area contributed by atoms with Gasteiger partial charge in [-0.3, -0.25) is 4.79 Å². The van der Waals surface area contributed by atoms with Gasteiger partial charge in [-0.1, -0.05) is 24.3 Å². The van der Waals surface area contributed by atoms with Crippen LogP contribution in [0.4, 0.5) is 4.39 Å². The van der Waals surface area contributed by atoms with Crippen molar-refractivity contribution >= 4 is 5.97 Å². The predicted molar refractivity (Wildman–Crippen MR) is 79.1 cm³/mol. The molecule has 0 saturated heterocycles. The number of ether oxygens (including phenoxy) is 2. The van der Waals surface area contributed by atoms with E-state index in [-0.39, 0.29) is 18.8 Å². The second-order valence-corrected chi connectivity index (χ2v) is 4.63. The first-order valence-electron chi connectivity index (χ1n) is 6.96. The number of aliphatic hydroxyl groups is 1. The molecule has 0 heterocycles. The van der Waals surface area contributed by atoms with Crippen molar-refractivity contribution < 1.29 is 23.8 Å². The number of hydrogen-bond acceptors (Lipinski definition) is 4. The minimum absolute atomic E-state index is 0.00777. The van der Waals surface area contributed by atoms with Crippen LogP contribution in [-0.4, -0.2) is 17.7 Å². The summed E-state index contributed by atoms with van der Waals surface area (Å²) in [7, 11) is 0. The Morgan fingerprint density at radius 3 is 2.64 bits per heavy atom. The van der Waals surface area contributed by atoms with Crippen molar-refractivity contribution in [3.63, 3.8) is 0 Å². The third kappa shape index (κ3) is 4.30. The zero-order valence-corrected chi connectivity index (χ0v) is 12.2. The fourth-order valence-electron chi connectivity index (χ4n) is 1.92. The highest BCUT2D eigenvalue weighted by atomic mass is 19.1. The molecule has 2 aromatic carbocycles. The van der Waals surface area contributed by atoms with Crippen LogP contribution in [0.5, 0.6) is 11.5 Å². The first-order valence-corrected chi connectivity index (χ1v) is 6.96. The van der Waals surface area contributed by atoms with Crippen LogP contribution in [0.1, 0.15) is 25.0 Å². The highest BCUT2D eigenvalue weighted by Gasteiger charge is 2.16. The summed E-state index contributed by atoms with van der Waals surface area (Å²) in [5.41, 5.74) is 0.389. The second-order valence-electron chi connectivity index (χ2n) is 4.63. The van der Waals surface area contributed by atoms with Gasteiger partial charge < -0.3 is 14.6 Å². The van der Waals surface area contributed by atoms with Gasteiger partial charge in [0, 0.05) is 0 Å². The average Bonchev–Trinajstić information content (AvgIpc) is 2.50. The van der Waals surface area contributed by atoms with Crippen LogP contribution in [0, 0.1) is 5.82 Å². The van der Waals surface area contributed by atoms with Gasteiger partial charge in [0.2, 0.25) is 0 Å². The highest BCUT2D eigenvalue weighted by molar-refractivity contribution is 5.70. The molecular formula is C17H17FO4. The van der Waals surface area contributed by atoms with E-state index in [0.29, 0.717) is 11.3 Å². The molecular weight excluding hydrogens is 287 g/mol. The molecule has 1 unspecified atom stereocenters. The molecule has 0 aromatic heterocycles. The van der Waals surface area contributed by atoms with Crippen molar-refractivity contribution in [3.8, 4) is 11.5 Å². The lowest BCUT2D eigenvalue weighted by Gasteiger charge is -2.13. The third-order valence-electron chi connectivity index (χ3n) is 2.98. The van der Waals surface area contributed by atoms with Crippen molar-refractivity contribution in [2.45, 2.75) is 19.4 Å². The average molecular weight is 304 g/mol. The Morgan fingerprint density at radius 2 is 1.95 bits per heavy atom. The maximum absolute atomic E-state index is 13.8. The predicted octanol–water partition coefficient (Wildman–Crippen LogP) is 3.60. The van der Waals surface area contributed by atoms with Gasteiger partial charge in [-0.2, -0.15) is 0 Å². The van der Waals surface area contributed by atoms with E-state index in [9.17, 15) is 14.3 Å². The molecule has 1 atom stereocenters. The van der Waals surface area contributed by atoms with Crippen molar-refractivity contribution in [2.24, 2.45) is 0 Å². The zero-order valence-electron chi connectivity index (χ0n) is 12.2. The molecule has 0 amide bonds. The minimum atomic E-state index is -1.07. The number of benzene rings is 2. The summed E-state index contributed by atoms with van der Waals surface area (Å²) in [4.78, 5) is 11.4. The topological polar surface area (TPSA) is 55.8 Å². The zero-order chi connectivity index (χ0) is 15.9. The molecule has 0 saturated carbocycles. The Kier molecular flexibility index (Phi) is 5.49. The van der Waals surface area contributed by atoms with Gasteiger partial charge in [-0.05, 0) is 36.8 Å². The van der Waals surface area contributed by atoms with Gasteiger partial charge in [0.15, 0.2) is 11.6 Å². The molecule has 1 N–H and O–H groups in total. The number of carbonyl (C=O) groups excluding carboxylic acids is 1. The molecule has 0 spiro atoms. The van der Waals surface area contributed by atoms with Crippen LogP contribution >= 0.6 is 0 Å².